The molecule has 0 amide bonds. The standard InChI is InChI=1S/C13H22N4/c1-3-11-5-7-17(8-6-11)13-9-12(14-4-2)15-10-16-13/h9-11H,3-8H2,1-2H3,(H,14,15,16). The Hall–Kier alpha value is -1.32. The molecule has 0 spiro atoms. The summed E-state index contributed by atoms with van der Waals surface area (Å²) in [6.07, 6.45) is 5.54. The molecule has 4 heteroatoms. The maximum Gasteiger partial charge on any atom is 0.134 e. The minimum atomic E-state index is 0.897. The minimum Gasteiger partial charge on any atom is -0.370 e. The second-order valence-electron chi connectivity index (χ2n) is 4.63. The maximum atomic E-state index is 4.37. The normalized spacial score (nSPS) is 17.2. The van der Waals surface area contributed by atoms with Crippen LogP contribution in [-0.4, -0.2) is 29.6 Å². The lowest BCUT2D eigenvalue weighted by molar-refractivity contribution is 0.393. The number of piperidine rings is 1. The van der Waals surface area contributed by atoms with Crippen molar-refractivity contribution in [3.05, 3.63) is 12.4 Å². The Morgan fingerprint density at radius 1 is 1.29 bits per heavy atom. The SMILES string of the molecule is CCNc1cc(N2CCC(CC)CC2)ncn1. The molecule has 1 N–H and O–H groups in total. The second-order valence-corrected chi connectivity index (χ2v) is 4.63. The number of hydrogen-bond acceptors (Lipinski definition) is 4. The number of anilines is 2. The van der Waals surface area contributed by atoms with Gasteiger partial charge in [0, 0.05) is 25.7 Å². The van der Waals surface area contributed by atoms with Crippen LogP contribution in [0.5, 0.6) is 0 Å². The van der Waals surface area contributed by atoms with Gasteiger partial charge >= 0.3 is 0 Å². The summed E-state index contributed by atoms with van der Waals surface area (Å²) in [6.45, 7) is 7.51. The van der Waals surface area contributed by atoms with Gasteiger partial charge in [-0.2, -0.15) is 0 Å². The molecule has 1 aromatic heterocycles. The second kappa shape index (κ2) is 5.84. The first-order valence-corrected chi connectivity index (χ1v) is 6.64. The van der Waals surface area contributed by atoms with E-state index < -0.39 is 0 Å². The summed E-state index contributed by atoms with van der Waals surface area (Å²) in [5, 5.41) is 3.23. The number of aromatic nitrogens is 2. The van der Waals surface area contributed by atoms with Gasteiger partial charge < -0.3 is 10.2 Å². The molecule has 17 heavy (non-hydrogen) atoms. The van der Waals surface area contributed by atoms with Crippen molar-refractivity contribution in [2.24, 2.45) is 5.92 Å². The summed E-state index contributed by atoms with van der Waals surface area (Å²) in [5.74, 6) is 2.89. The fourth-order valence-corrected chi connectivity index (χ4v) is 2.37. The van der Waals surface area contributed by atoms with Crippen LogP contribution < -0.4 is 10.2 Å². The van der Waals surface area contributed by atoms with Crippen molar-refractivity contribution in [1.82, 2.24) is 9.97 Å². The molecule has 4 nitrogen and oxygen atoms in total. The van der Waals surface area contributed by atoms with E-state index in [0.717, 1.165) is 37.2 Å². The molecule has 2 heterocycles. The van der Waals surface area contributed by atoms with Crippen LogP contribution >= 0.6 is 0 Å². The Morgan fingerprint density at radius 3 is 2.71 bits per heavy atom. The highest BCUT2D eigenvalue weighted by atomic mass is 15.2. The van der Waals surface area contributed by atoms with E-state index in [1.165, 1.54) is 19.3 Å². The molecular weight excluding hydrogens is 212 g/mol. The van der Waals surface area contributed by atoms with Crippen LogP contribution in [0.15, 0.2) is 12.4 Å². The maximum absolute atomic E-state index is 4.37. The zero-order valence-electron chi connectivity index (χ0n) is 10.8. The first-order chi connectivity index (χ1) is 8.33. The lowest BCUT2D eigenvalue weighted by Gasteiger charge is -2.32. The number of rotatable bonds is 4. The van der Waals surface area contributed by atoms with E-state index in [1.807, 2.05) is 0 Å². The minimum absolute atomic E-state index is 0.897. The largest absolute Gasteiger partial charge is 0.370 e. The van der Waals surface area contributed by atoms with Crippen molar-refractivity contribution < 1.29 is 0 Å². The molecule has 1 aliphatic heterocycles. The van der Waals surface area contributed by atoms with E-state index >= 15 is 0 Å². The molecule has 1 aliphatic rings. The number of nitrogens with one attached hydrogen (secondary N) is 1. The van der Waals surface area contributed by atoms with Gasteiger partial charge in [-0.05, 0) is 25.7 Å². The van der Waals surface area contributed by atoms with Crippen LogP contribution in [0.3, 0.4) is 0 Å². The van der Waals surface area contributed by atoms with Crippen molar-refractivity contribution in [1.29, 1.82) is 0 Å². The monoisotopic (exact) mass is 234 g/mol. The smallest absolute Gasteiger partial charge is 0.134 e. The van der Waals surface area contributed by atoms with Crippen molar-refractivity contribution >= 4 is 11.6 Å². The van der Waals surface area contributed by atoms with Gasteiger partial charge in [-0.25, -0.2) is 9.97 Å². The molecule has 0 atom stereocenters. The summed E-state index contributed by atoms with van der Waals surface area (Å²) in [6, 6.07) is 2.05. The van der Waals surface area contributed by atoms with Crippen LogP contribution in [0.2, 0.25) is 0 Å². The first kappa shape index (κ1) is 12.1. The molecule has 0 unspecified atom stereocenters. The molecule has 1 fully saturated rings. The Balaban J connectivity index is 2.00. The summed E-state index contributed by atoms with van der Waals surface area (Å²) >= 11 is 0. The molecular formula is C13H22N4. The van der Waals surface area contributed by atoms with E-state index in [2.05, 4.69) is 40.1 Å². The summed E-state index contributed by atoms with van der Waals surface area (Å²) in [5.41, 5.74) is 0. The molecule has 1 saturated heterocycles. The van der Waals surface area contributed by atoms with Gasteiger partial charge in [-0.3, -0.25) is 0 Å². The molecule has 0 bridgehead atoms. The van der Waals surface area contributed by atoms with Crippen LogP contribution in [0.1, 0.15) is 33.1 Å². The van der Waals surface area contributed by atoms with Gasteiger partial charge in [0.1, 0.15) is 18.0 Å². The Bertz CT molecular complexity index is 345. The van der Waals surface area contributed by atoms with Gasteiger partial charge in [0.15, 0.2) is 0 Å². The van der Waals surface area contributed by atoms with Gasteiger partial charge in [-0.15, -0.1) is 0 Å². The molecule has 0 aliphatic carbocycles. The van der Waals surface area contributed by atoms with Crippen molar-refractivity contribution in [2.45, 2.75) is 33.1 Å². The molecule has 0 saturated carbocycles. The zero-order valence-corrected chi connectivity index (χ0v) is 10.8. The van der Waals surface area contributed by atoms with E-state index in [-0.39, 0.29) is 0 Å². The number of hydrogen-bond donors (Lipinski definition) is 1. The van der Waals surface area contributed by atoms with Crippen LogP contribution in [0.4, 0.5) is 11.6 Å². The average molecular weight is 234 g/mol. The first-order valence-electron chi connectivity index (χ1n) is 6.64. The summed E-state index contributed by atoms with van der Waals surface area (Å²) < 4.78 is 0. The third-order valence-corrected chi connectivity index (χ3v) is 3.53. The van der Waals surface area contributed by atoms with Crippen molar-refractivity contribution in [3.63, 3.8) is 0 Å². The van der Waals surface area contributed by atoms with Crippen LogP contribution in [-0.2, 0) is 0 Å². The van der Waals surface area contributed by atoms with E-state index in [9.17, 15) is 0 Å². The molecule has 94 valence electrons. The Labute approximate surface area is 103 Å². The number of nitrogens with zero attached hydrogens (tertiary/aromatic N) is 3. The van der Waals surface area contributed by atoms with E-state index in [1.54, 1.807) is 6.33 Å². The molecule has 2 rings (SSSR count). The van der Waals surface area contributed by atoms with Gasteiger partial charge in [-0.1, -0.05) is 13.3 Å². The Morgan fingerprint density at radius 2 is 2.06 bits per heavy atom. The highest BCUT2D eigenvalue weighted by Gasteiger charge is 2.18. The quantitative estimate of drug-likeness (QED) is 0.869. The lowest BCUT2D eigenvalue weighted by Crippen LogP contribution is -2.34. The summed E-state index contributed by atoms with van der Waals surface area (Å²) in [4.78, 5) is 10.9. The van der Waals surface area contributed by atoms with Crippen LogP contribution in [0, 0.1) is 5.92 Å². The van der Waals surface area contributed by atoms with Crippen molar-refractivity contribution in [2.75, 3.05) is 29.9 Å². The van der Waals surface area contributed by atoms with Gasteiger partial charge in [0.05, 0.1) is 0 Å². The fraction of sp³-hybridized carbons (Fsp3) is 0.692. The highest BCUT2D eigenvalue weighted by Crippen LogP contribution is 2.24. The zero-order chi connectivity index (χ0) is 12.1. The fourth-order valence-electron chi connectivity index (χ4n) is 2.37. The van der Waals surface area contributed by atoms with E-state index in [0.29, 0.717) is 0 Å². The predicted octanol–water partition coefficient (Wildman–Crippen LogP) is 2.53. The summed E-state index contributed by atoms with van der Waals surface area (Å²) in [7, 11) is 0. The van der Waals surface area contributed by atoms with Crippen LogP contribution in [0.25, 0.3) is 0 Å². The van der Waals surface area contributed by atoms with Crippen molar-refractivity contribution in [3.8, 4) is 0 Å². The van der Waals surface area contributed by atoms with Gasteiger partial charge in [0.2, 0.25) is 0 Å². The Kier molecular flexibility index (Phi) is 4.18. The highest BCUT2D eigenvalue weighted by molar-refractivity contribution is 5.48. The third kappa shape index (κ3) is 3.08. The van der Waals surface area contributed by atoms with E-state index in [4.69, 9.17) is 0 Å². The third-order valence-electron chi connectivity index (χ3n) is 3.53. The topological polar surface area (TPSA) is 41.0 Å². The molecule has 0 aromatic carbocycles. The molecule has 1 aromatic rings. The predicted molar refractivity (Wildman–Crippen MR) is 71.4 cm³/mol. The van der Waals surface area contributed by atoms with Gasteiger partial charge in [0.25, 0.3) is 0 Å². The lowest BCUT2D eigenvalue weighted by atomic mass is 9.94. The molecule has 0 radical (unpaired) electrons. The average Bonchev–Trinajstić information content (AvgIpc) is 2.40.